The molecule has 0 aromatic carbocycles. The first-order valence-corrected chi connectivity index (χ1v) is 8.93. The van der Waals surface area contributed by atoms with E-state index in [0.717, 1.165) is 31.7 Å². The van der Waals surface area contributed by atoms with Gasteiger partial charge in [0.1, 0.15) is 0 Å². The molecule has 2 saturated heterocycles. The fourth-order valence-electron chi connectivity index (χ4n) is 3.41. The minimum absolute atomic E-state index is 0.136. The lowest BCUT2D eigenvalue weighted by Gasteiger charge is -2.31. The molecular weight excluding hydrogens is 256 g/mol. The van der Waals surface area contributed by atoms with Gasteiger partial charge in [-0.1, -0.05) is 13.8 Å². The van der Waals surface area contributed by atoms with Crippen LogP contribution in [0.4, 0.5) is 0 Å². The van der Waals surface area contributed by atoms with E-state index in [2.05, 4.69) is 35.8 Å². The average molecular weight is 282 g/mol. The van der Waals surface area contributed by atoms with Crippen LogP contribution in [0.25, 0.3) is 0 Å². The van der Waals surface area contributed by atoms with Crippen molar-refractivity contribution in [2.24, 2.45) is 11.8 Å². The van der Waals surface area contributed by atoms with Gasteiger partial charge in [0.15, 0.2) is 0 Å². The highest BCUT2D eigenvalue weighted by Crippen LogP contribution is 2.43. The molecule has 1 aliphatic carbocycles. The van der Waals surface area contributed by atoms with Crippen molar-refractivity contribution >= 4 is 17.7 Å². The van der Waals surface area contributed by atoms with Gasteiger partial charge in [-0.05, 0) is 55.4 Å². The Bertz CT molecular complexity index is 348. The Morgan fingerprint density at radius 3 is 2.63 bits per heavy atom. The number of rotatable bonds is 4. The van der Waals surface area contributed by atoms with Gasteiger partial charge in [0, 0.05) is 6.54 Å². The van der Waals surface area contributed by atoms with Gasteiger partial charge in [-0.25, -0.2) is 0 Å². The van der Waals surface area contributed by atoms with Crippen molar-refractivity contribution in [3.8, 4) is 0 Å². The van der Waals surface area contributed by atoms with Crippen LogP contribution in [0.3, 0.4) is 0 Å². The highest BCUT2D eigenvalue weighted by atomic mass is 32.2. The normalized spacial score (nSPS) is 30.6. The quantitative estimate of drug-likeness (QED) is 0.860. The zero-order chi connectivity index (χ0) is 13.5. The molecule has 1 unspecified atom stereocenters. The second-order valence-electron chi connectivity index (χ2n) is 6.89. The summed E-state index contributed by atoms with van der Waals surface area (Å²) in [5.74, 6) is 4.33. The molecule has 19 heavy (non-hydrogen) atoms. The minimum Gasteiger partial charge on any atom is -0.325 e. The van der Waals surface area contributed by atoms with Crippen molar-refractivity contribution in [2.45, 2.75) is 57.7 Å². The molecule has 1 N–H and O–H groups in total. The van der Waals surface area contributed by atoms with Crippen LogP contribution >= 0.6 is 11.8 Å². The topological polar surface area (TPSA) is 32.3 Å². The molecule has 3 aliphatic rings. The molecule has 3 rings (SSSR count). The highest BCUT2D eigenvalue weighted by molar-refractivity contribution is 7.99. The molecule has 1 atom stereocenters. The lowest BCUT2D eigenvalue weighted by molar-refractivity contribution is -0.131. The summed E-state index contributed by atoms with van der Waals surface area (Å²) in [5, 5.41) is 3.63. The number of carbonyl (C=O) groups is 1. The second-order valence-corrected chi connectivity index (χ2v) is 8.11. The molecule has 1 amide bonds. The zero-order valence-electron chi connectivity index (χ0n) is 12.2. The van der Waals surface area contributed by atoms with Crippen molar-refractivity contribution in [3.63, 3.8) is 0 Å². The van der Waals surface area contributed by atoms with Crippen LogP contribution in [-0.2, 0) is 4.79 Å². The maximum Gasteiger partial charge on any atom is 0.244 e. The molecule has 0 bridgehead atoms. The molecule has 3 nitrogen and oxygen atoms in total. The summed E-state index contributed by atoms with van der Waals surface area (Å²) in [4.78, 5) is 14.8. The molecule has 108 valence electrons. The first-order chi connectivity index (χ1) is 9.11. The van der Waals surface area contributed by atoms with E-state index in [0.29, 0.717) is 18.0 Å². The number of carbonyl (C=O) groups excluding carboxylic acids is 1. The maximum atomic E-state index is 12.6. The van der Waals surface area contributed by atoms with Crippen LogP contribution in [0.2, 0.25) is 0 Å². The van der Waals surface area contributed by atoms with Crippen molar-refractivity contribution in [1.82, 2.24) is 10.2 Å². The summed E-state index contributed by atoms with van der Waals surface area (Å²) >= 11 is 2.06. The van der Waals surface area contributed by atoms with Crippen LogP contribution < -0.4 is 5.32 Å². The number of hydrogen-bond donors (Lipinski definition) is 1. The van der Waals surface area contributed by atoms with Gasteiger partial charge in [-0.15, -0.1) is 0 Å². The Morgan fingerprint density at radius 1 is 1.37 bits per heavy atom. The van der Waals surface area contributed by atoms with Gasteiger partial charge < -0.3 is 4.90 Å². The van der Waals surface area contributed by atoms with Crippen LogP contribution in [0, 0.1) is 11.8 Å². The molecule has 2 aliphatic heterocycles. The van der Waals surface area contributed by atoms with Crippen molar-refractivity contribution in [2.75, 3.05) is 18.1 Å². The molecule has 1 spiro atoms. The fourth-order valence-corrected chi connectivity index (χ4v) is 4.61. The van der Waals surface area contributed by atoms with E-state index in [1.807, 2.05) is 0 Å². The first-order valence-electron chi connectivity index (χ1n) is 7.77. The molecule has 0 aromatic rings. The SMILES string of the molecule is CC(C)CC1NC2(CC2)C(=O)N1CC1CCSCC1. The largest absolute Gasteiger partial charge is 0.325 e. The first kappa shape index (κ1) is 13.7. The summed E-state index contributed by atoms with van der Waals surface area (Å²) in [6.07, 6.45) is 6.07. The molecule has 2 heterocycles. The summed E-state index contributed by atoms with van der Waals surface area (Å²) in [6.45, 7) is 5.49. The van der Waals surface area contributed by atoms with Crippen LogP contribution in [0.1, 0.15) is 46.0 Å². The Kier molecular flexibility index (Phi) is 3.82. The summed E-state index contributed by atoms with van der Waals surface area (Å²) in [5.41, 5.74) is -0.136. The van der Waals surface area contributed by atoms with E-state index in [-0.39, 0.29) is 5.54 Å². The Morgan fingerprint density at radius 2 is 2.05 bits per heavy atom. The van der Waals surface area contributed by atoms with E-state index in [1.165, 1.54) is 24.3 Å². The van der Waals surface area contributed by atoms with Crippen molar-refractivity contribution in [1.29, 1.82) is 0 Å². The second kappa shape index (κ2) is 5.28. The lowest BCUT2D eigenvalue weighted by Crippen LogP contribution is -2.41. The lowest BCUT2D eigenvalue weighted by atomic mass is 10.0. The zero-order valence-corrected chi connectivity index (χ0v) is 13.0. The predicted molar refractivity (Wildman–Crippen MR) is 80.1 cm³/mol. The third kappa shape index (κ3) is 2.80. The van der Waals surface area contributed by atoms with E-state index in [4.69, 9.17) is 0 Å². The number of nitrogens with one attached hydrogen (secondary N) is 1. The molecule has 3 fully saturated rings. The molecular formula is C15H26N2OS. The van der Waals surface area contributed by atoms with Gasteiger partial charge >= 0.3 is 0 Å². The standard InChI is InChI=1S/C15H26N2OS/c1-11(2)9-13-16-15(5-6-15)14(18)17(13)10-12-3-7-19-8-4-12/h11-13,16H,3-10H2,1-2H3. The third-order valence-electron chi connectivity index (χ3n) is 4.73. The van der Waals surface area contributed by atoms with E-state index < -0.39 is 0 Å². The van der Waals surface area contributed by atoms with E-state index in [1.54, 1.807) is 0 Å². The maximum absolute atomic E-state index is 12.6. The minimum atomic E-state index is -0.136. The predicted octanol–water partition coefficient (Wildman–Crippen LogP) is 2.47. The molecule has 4 heteroatoms. The summed E-state index contributed by atoms with van der Waals surface area (Å²) in [6, 6.07) is 0. The van der Waals surface area contributed by atoms with Gasteiger partial charge in [-0.3, -0.25) is 10.1 Å². The number of hydrogen-bond acceptors (Lipinski definition) is 3. The number of nitrogens with zero attached hydrogens (tertiary/aromatic N) is 1. The summed E-state index contributed by atoms with van der Waals surface area (Å²) in [7, 11) is 0. The van der Waals surface area contributed by atoms with Gasteiger partial charge in [0.25, 0.3) is 0 Å². The average Bonchev–Trinajstić information content (AvgIpc) is 3.11. The number of amides is 1. The third-order valence-corrected chi connectivity index (χ3v) is 5.78. The summed E-state index contributed by atoms with van der Waals surface area (Å²) < 4.78 is 0. The van der Waals surface area contributed by atoms with Gasteiger partial charge in [0.05, 0.1) is 11.7 Å². The number of thioether (sulfide) groups is 1. The Balaban J connectivity index is 1.66. The highest BCUT2D eigenvalue weighted by Gasteiger charge is 2.59. The molecule has 1 saturated carbocycles. The smallest absolute Gasteiger partial charge is 0.244 e. The van der Waals surface area contributed by atoms with Crippen LogP contribution in [0.15, 0.2) is 0 Å². The Labute approximate surface area is 120 Å². The molecule has 0 radical (unpaired) electrons. The van der Waals surface area contributed by atoms with Gasteiger partial charge in [-0.2, -0.15) is 11.8 Å². The van der Waals surface area contributed by atoms with Crippen LogP contribution in [-0.4, -0.2) is 40.6 Å². The Hall–Kier alpha value is -0.220. The van der Waals surface area contributed by atoms with Crippen molar-refractivity contribution in [3.05, 3.63) is 0 Å². The van der Waals surface area contributed by atoms with E-state index in [9.17, 15) is 4.79 Å². The monoisotopic (exact) mass is 282 g/mol. The van der Waals surface area contributed by atoms with Crippen LogP contribution in [0.5, 0.6) is 0 Å². The van der Waals surface area contributed by atoms with Crippen molar-refractivity contribution < 1.29 is 4.79 Å². The van der Waals surface area contributed by atoms with E-state index >= 15 is 0 Å². The fraction of sp³-hybridized carbons (Fsp3) is 0.933. The van der Waals surface area contributed by atoms with Gasteiger partial charge in [0.2, 0.25) is 5.91 Å². The molecule has 0 aromatic heterocycles.